The van der Waals surface area contributed by atoms with Gasteiger partial charge in [0.2, 0.25) is 0 Å². The molecule has 4 aliphatic rings. The van der Waals surface area contributed by atoms with Gasteiger partial charge in [0.1, 0.15) is 25.3 Å². The maximum Gasteiger partial charge on any atom is 0.312 e. The summed E-state index contributed by atoms with van der Waals surface area (Å²) in [6, 6.07) is 0. The molecule has 226 valence electrons. The Morgan fingerprint density at radius 3 is 2.24 bits per heavy atom. The number of esters is 3. The number of hydrogen-bond acceptors (Lipinski definition) is 8. The molecule has 12 heteroatoms. The molecule has 0 amide bonds. The predicted molar refractivity (Wildman–Crippen MR) is 149 cm³/mol. The summed E-state index contributed by atoms with van der Waals surface area (Å²) in [6.45, 7) is 6.25. The molecule has 4 saturated carbocycles. The van der Waals surface area contributed by atoms with E-state index in [1.54, 1.807) is 0 Å². The van der Waals surface area contributed by atoms with Crippen molar-refractivity contribution in [2.45, 2.75) is 97.2 Å². The van der Waals surface area contributed by atoms with Crippen molar-refractivity contribution >= 4 is 17.9 Å². The number of methoxy groups -OCH3 is 1. The topological polar surface area (TPSA) is 176 Å². The van der Waals surface area contributed by atoms with E-state index in [1.165, 1.54) is 7.11 Å². The highest BCUT2D eigenvalue weighted by Gasteiger charge is 2.65. The average molecular weight is 573 g/mol. The van der Waals surface area contributed by atoms with Crippen molar-refractivity contribution in [1.29, 1.82) is 0 Å². The molecule has 0 N–H and O–H groups in total. The van der Waals surface area contributed by atoms with Gasteiger partial charge in [0, 0.05) is 21.7 Å². The third kappa shape index (κ3) is 6.14. The lowest BCUT2D eigenvalue weighted by molar-refractivity contribution is -0.198. The first kappa shape index (κ1) is 31.0. The summed E-state index contributed by atoms with van der Waals surface area (Å²) in [6.07, 6.45) is 8.09. The SMILES string of the molecule is COC(=O)CC[C@@H](C)[C@H]1CC[C@H]2[C@@H]3CC[C@@H]4C[C@H](OC(=O)CN=[N+]=[N-])CC[C@]4(C)[C@H]3C[C@H](OC(=O)CN=[N+]=[N-])[C@]12C. The molecule has 41 heavy (non-hydrogen) atoms. The Bertz CT molecular complexity index is 1110. The van der Waals surface area contributed by atoms with E-state index in [-0.39, 0.29) is 48.0 Å². The fraction of sp³-hybridized carbons (Fsp3) is 0.897. The number of hydrogen-bond donors (Lipinski definition) is 0. The summed E-state index contributed by atoms with van der Waals surface area (Å²) < 4.78 is 16.8. The van der Waals surface area contributed by atoms with E-state index in [4.69, 9.17) is 25.3 Å². The lowest BCUT2D eigenvalue weighted by Gasteiger charge is -2.62. The summed E-state index contributed by atoms with van der Waals surface area (Å²) in [5.41, 5.74) is 17.1. The quantitative estimate of drug-likeness (QED) is 0.0976. The van der Waals surface area contributed by atoms with Gasteiger partial charge in [-0.15, -0.1) is 0 Å². The summed E-state index contributed by atoms with van der Waals surface area (Å²) in [7, 11) is 1.41. The Hall–Kier alpha value is -2.97. The van der Waals surface area contributed by atoms with Crippen LogP contribution >= 0.6 is 0 Å². The average Bonchev–Trinajstić information content (AvgIpc) is 3.32. The fourth-order valence-electron chi connectivity index (χ4n) is 9.65. The van der Waals surface area contributed by atoms with E-state index in [1.807, 2.05) is 0 Å². The molecular formula is C29H44N6O6. The number of rotatable bonds is 10. The second kappa shape index (κ2) is 12.9. The number of azide groups is 2. The normalized spacial score (nSPS) is 38.0. The maximum absolute atomic E-state index is 12.8. The highest BCUT2D eigenvalue weighted by atomic mass is 16.5. The lowest BCUT2D eigenvalue weighted by Crippen LogP contribution is -2.59. The molecule has 0 aromatic rings. The molecular weight excluding hydrogens is 528 g/mol. The number of carbonyl (C=O) groups excluding carboxylic acids is 3. The van der Waals surface area contributed by atoms with Crippen LogP contribution in [0.4, 0.5) is 0 Å². The van der Waals surface area contributed by atoms with Crippen molar-refractivity contribution in [3.63, 3.8) is 0 Å². The maximum atomic E-state index is 12.8. The van der Waals surface area contributed by atoms with Gasteiger partial charge < -0.3 is 14.2 Å². The van der Waals surface area contributed by atoms with Crippen LogP contribution in [0.1, 0.15) is 85.0 Å². The van der Waals surface area contributed by atoms with Gasteiger partial charge in [-0.3, -0.25) is 14.4 Å². The molecule has 0 unspecified atom stereocenters. The van der Waals surface area contributed by atoms with Gasteiger partial charge >= 0.3 is 17.9 Å². The third-order valence-corrected chi connectivity index (χ3v) is 11.6. The standard InChI is InChI=1S/C29H44N6O6/c1-17(5-10-25(36)39-4)21-8-9-22-20-7-6-18-13-19(40-26(37)15-32-34-30)11-12-28(18,2)23(20)14-24(29(21,22)3)41-27(38)16-33-35-31/h17-24H,5-16H2,1-4H3/t17-,18-,19-,20+,21-,22+,23+,24+,28+,29-/m1/s1. The van der Waals surface area contributed by atoms with E-state index < -0.39 is 11.9 Å². The molecule has 0 saturated heterocycles. The van der Waals surface area contributed by atoms with Crippen LogP contribution in [-0.4, -0.2) is 50.3 Å². The highest BCUT2D eigenvalue weighted by Crippen LogP contribution is 2.69. The van der Waals surface area contributed by atoms with Crippen LogP contribution < -0.4 is 0 Å². The molecule has 4 rings (SSSR count). The van der Waals surface area contributed by atoms with Gasteiger partial charge in [0.25, 0.3) is 0 Å². The van der Waals surface area contributed by atoms with Gasteiger partial charge in [0.05, 0.1) is 7.11 Å². The van der Waals surface area contributed by atoms with Crippen molar-refractivity contribution < 1.29 is 28.6 Å². The first-order chi connectivity index (χ1) is 19.6. The first-order valence-corrected chi connectivity index (χ1v) is 15.1. The number of nitrogens with zero attached hydrogens (tertiary/aromatic N) is 6. The zero-order valence-corrected chi connectivity index (χ0v) is 24.7. The largest absolute Gasteiger partial charge is 0.469 e. The smallest absolute Gasteiger partial charge is 0.312 e. The fourth-order valence-corrected chi connectivity index (χ4v) is 9.65. The minimum absolute atomic E-state index is 0.0298. The van der Waals surface area contributed by atoms with E-state index >= 15 is 0 Å². The minimum atomic E-state index is -0.493. The first-order valence-electron chi connectivity index (χ1n) is 15.1. The zero-order valence-electron chi connectivity index (χ0n) is 24.7. The zero-order chi connectivity index (χ0) is 29.8. The number of carbonyl (C=O) groups is 3. The van der Waals surface area contributed by atoms with E-state index in [2.05, 4.69) is 40.8 Å². The third-order valence-electron chi connectivity index (χ3n) is 11.6. The monoisotopic (exact) mass is 572 g/mol. The summed E-state index contributed by atoms with van der Waals surface area (Å²) in [5.74, 6) is 1.03. The van der Waals surface area contributed by atoms with Crippen LogP contribution in [-0.2, 0) is 28.6 Å². The Kier molecular flexibility index (Phi) is 9.75. The van der Waals surface area contributed by atoms with E-state index in [0.29, 0.717) is 36.0 Å². The molecule has 0 heterocycles. The van der Waals surface area contributed by atoms with Crippen molar-refractivity contribution in [2.75, 3.05) is 20.2 Å². The molecule has 0 radical (unpaired) electrons. The Labute approximate surface area is 241 Å². The van der Waals surface area contributed by atoms with Crippen molar-refractivity contribution in [3.05, 3.63) is 20.9 Å². The van der Waals surface area contributed by atoms with Crippen LogP contribution in [0, 0.1) is 46.3 Å². The van der Waals surface area contributed by atoms with Crippen molar-refractivity contribution in [2.24, 2.45) is 56.6 Å². The van der Waals surface area contributed by atoms with E-state index in [0.717, 1.165) is 57.8 Å². The second-order valence-corrected chi connectivity index (χ2v) is 13.2. The number of ether oxygens (including phenoxy) is 3. The van der Waals surface area contributed by atoms with Crippen molar-refractivity contribution in [1.82, 2.24) is 0 Å². The van der Waals surface area contributed by atoms with Gasteiger partial charge in [-0.25, -0.2) is 0 Å². The molecule has 4 aliphatic carbocycles. The Morgan fingerprint density at radius 1 is 0.902 bits per heavy atom. The molecule has 4 fully saturated rings. The second-order valence-electron chi connectivity index (χ2n) is 13.2. The summed E-state index contributed by atoms with van der Waals surface area (Å²) in [5, 5.41) is 6.79. The Morgan fingerprint density at radius 2 is 1.59 bits per heavy atom. The van der Waals surface area contributed by atoms with Crippen LogP contribution in [0.5, 0.6) is 0 Å². The highest BCUT2D eigenvalue weighted by molar-refractivity contribution is 5.72. The van der Waals surface area contributed by atoms with Gasteiger partial charge in [-0.05, 0) is 110 Å². The molecule has 0 aromatic heterocycles. The molecule has 0 bridgehead atoms. The molecule has 0 aliphatic heterocycles. The van der Waals surface area contributed by atoms with Crippen LogP contribution in [0.15, 0.2) is 10.2 Å². The van der Waals surface area contributed by atoms with Gasteiger partial charge in [-0.2, -0.15) is 0 Å². The number of fused-ring (bicyclic) bond motifs is 5. The molecule has 10 atom stereocenters. The van der Waals surface area contributed by atoms with Crippen LogP contribution in [0.25, 0.3) is 20.9 Å². The van der Waals surface area contributed by atoms with Crippen molar-refractivity contribution in [3.8, 4) is 0 Å². The van der Waals surface area contributed by atoms with Gasteiger partial charge in [-0.1, -0.05) is 31.0 Å². The predicted octanol–water partition coefficient (Wildman–Crippen LogP) is 6.29. The van der Waals surface area contributed by atoms with Crippen LogP contribution in [0.3, 0.4) is 0 Å². The molecule has 12 nitrogen and oxygen atoms in total. The summed E-state index contributed by atoms with van der Waals surface area (Å²) in [4.78, 5) is 42.3. The molecule has 0 spiro atoms. The summed E-state index contributed by atoms with van der Waals surface area (Å²) >= 11 is 0. The molecule has 0 aromatic carbocycles. The van der Waals surface area contributed by atoms with E-state index in [9.17, 15) is 14.4 Å². The van der Waals surface area contributed by atoms with Crippen LogP contribution in [0.2, 0.25) is 0 Å². The van der Waals surface area contributed by atoms with Gasteiger partial charge in [0.15, 0.2) is 0 Å². The lowest BCUT2D eigenvalue weighted by atomic mass is 9.43. The minimum Gasteiger partial charge on any atom is -0.469 e. The Balaban J connectivity index is 1.57.